The van der Waals surface area contributed by atoms with Crippen molar-refractivity contribution in [2.24, 2.45) is 28.6 Å². The van der Waals surface area contributed by atoms with Gasteiger partial charge in [-0.3, -0.25) is 14.4 Å². The smallest absolute Gasteiger partial charge is 0.311 e. The fraction of sp³-hybridized carbons (Fsp3) is 0.815. The van der Waals surface area contributed by atoms with Gasteiger partial charge in [0.05, 0.1) is 0 Å². The van der Waals surface area contributed by atoms with Gasteiger partial charge in [0, 0.05) is 24.7 Å². The highest BCUT2D eigenvalue weighted by molar-refractivity contribution is 5.97. The SMILES string of the molecule is CCCCCCCC(=O)OC1=C2CC[C@@H]3[C@H](CC[C@]4(C)C(=O)CC[C@@H]34)[C@@]2(C)CCC1=O. The fourth-order valence-corrected chi connectivity index (χ4v) is 7.59. The van der Waals surface area contributed by atoms with E-state index in [0.29, 0.717) is 42.1 Å². The number of hydrogen-bond donors (Lipinski definition) is 0. The maximum atomic E-state index is 12.8. The second-order valence-corrected chi connectivity index (χ2v) is 11.1. The van der Waals surface area contributed by atoms with Gasteiger partial charge in [-0.15, -0.1) is 0 Å². The highest BCUT2D eigenvalue weighted by Crippen LogP contribution is 2.65. The van der Waals surface area contributed by atoms with Gasteiger partial charge in [-0.2, -0.15) is 0 Å². The van der Waals surface area contributed by atoms with E-state index in [1.54, 1.807) is 0 Å². The van der Waals surface area contributed by atoms with Crippen molar-refractivity contribution in [3.63, 3.8) is 0 Å². The van der Waals surface area contributed by atoms with Crippen molar-refractivity contribution in [3.8, 4) is 0 Å². The van der Waals surface area contributed by atoms with E-state index in [1.165, 1.54) is 12.8 Å². The molecule has 0 spiro atoms. The molecule has 0 N–H and O–H groups in total. The maximum Gasteiger partial charge on any atom is 0.311 e. The van der Waals surface area contributed by atoms with E-state index < -0.39 is 0 Å². The quantitative estimate of drug-likeness (QED) is 0.352. The zero-order valence-electron chi connectivity index (χ0n) is 19.8. The summed E-state index contributed by atoms with van der Waals surface area (Å²) in [6.07, 6.45) is 12.8. The van der Waals surface area contributed by atoms with Crippen LogP contribution in [0.4, 0.5) is 0 Å². The number of carbonyl (C=O) groups excluding carboxylic acids is 3. The Morgan fingerprint density at radius 1 is 0.903 bits per heavy atom. The van der Waals surface area contributed by atoms with Crippen LogP contribution in [0.3, 0.4) is 0 Å². The Morgan fingerprint density at radius 2 is 1.65 bits per heavy atom. The summed E-state index contributed by atoms with van der Waals surface area (Å²) >= 11 is 0. The largest absolute Gasteiger partial charge is 0.423 e. The number of Topliss-reactive ketones (excluding diaryl/α,β-unsaturated/α-hetero) is 2. The molecule has 5 atom stereocenters. The molecule has 0 aliphatic heterocycles. The predicted octanol–water partition coefficient (Wildman–Crippen LogP) is 6.32. The van der Waals surface area contributed by atoms with E-state index in [1.807, 2.05) is 0 Å². The number of unbranched alkanes of at least 4 members (excludes halogenated alkanes) is 4. The van der Waals surface area contributed by atoms with Crippen LogP contribution in [0.25, 0.3) is 0 Å². The molecule has 0 aromatic carbocycles. The first-order valence-electron chi connectivity index (χ1n) is 12.8. The van der Waals surface area contributed by atoms with Gasteiger partial charge in [-0.05, 0) is 73.7 Å². The fourth-order valence-electron chi connectivity index (χ4n) is 7.59. The Labute approximate surface area is 187 Å². The third-order valence-electron chi connectivity index (χ3n) is 9.48. The van der Waals surface area contributed by atoms with Gasteiger partial charge in [-0.25, -0.2) is 0 Å². The first-order chi connectivity index (χ1) is 14.8. The molecule has 0 aromatic rings. The van der Waals surface area contributed by atoms with Gasteiger partial charge >= 0.3 is 5.97 Å². The zero-order chi connectivity index (χ0) is 22.2. The van der Waals surface area contributed by atoms with Crippen LogP contribution in [-0.2, 0) is 19.1 Å². The number of allylic oxidation sites excluding steroid dienone is 1. The van der Waals surface area contributed by atoms with Gasteiger partial charge in [0.25, 0.3) is 0 Å². The zero-order valence-corrected chi connectivity index (χ0v) is 19.8. The molecular formula is C27H40O4. The summed E-state index contributed by atoms with van der Waals surface area (Å²) < 4.78 is 5.79. The summed E-state index contributed by atoms with van der Waals surface area (Å²) in [5, 5.41) is 0. The Hall–Kier alpha value is -1.45. The Balaban J connectivity index is 1.50. The maximum absolute atomic E-state index is 12.8. The lowest BCUT2D eigenvalue weighted by molar-refractivity contribution is -0.144. The number of fused-ring (bicyclic) bond motifs is 5. The van der Waals surface area contributed by atoms with E-state index in [4.69, 9.17) is 4.74 Å². The molecule has 4 heteroatoms. The number of carbonyl (C=O) groups is 3. The minimum atomic E-state index is -0.240. The van der Waals surface area contributed by atoms with E-state index in [-0.39, 0.29) is 22.6 Å². The Kier molecular flexibility index (Phi) is 6.47. The number of ketones is 2. The van der Waals surface area contributed by atoms with Crippen LogP contribution in [0.15, 0.2) is 11.3 Å². The van der Waals surface area contributed by atoms with Crippen LogP contribution >= 0.6 is 0 Å². The topological polar surface area (TPSA) is 60.4 Å². The van der Waals surface area contributed by atoms with Crippen molar-refractivity contribution in [1.82, 2.24) is 0 Å². The molecule has 0 unspecified atom stereocenters. The number of rotatable bonds is 7. The standard InChI is InChI=1S/C27H40O4/c1-4-5-6-7-8-9-24(30)31-25-21-11-10-18-19-12-13-23(29)27(19,3)16-14-20(18)26(21,2)17-15-22(25)28/h18-20H,4-17H2,1-3H3/t18-,19-,20-,26+,27-/m0/s1. The molecule has 0 radical (unpaired) electrons. The normalized spacial score (nSPS) is 37.3. The van der Waals surface area contributed by atoms with Crippen molar-refractivity contribution in [1.29, 1.82) is 0 Å². The monoisotopic (exact) mass is 428 g/mol. The van der Waals surface area contributed by atoms with Crippen LogP contribution in [0.5, 0.6) is 0 Å². The molecule has 0 heterocycles. The minimum Gasteiger partial charge on any atom is -0.423 e. The average Bonchev–Trinajstić information content (AvgIpc) is 3.05. The third kappa shape index (κ3) is 3.93. The average molecular weight is 429 g/mol. The van der Waals surface area contributed by atoms with Crippen LogP contribution in [0, 0.1) is 28.6 Å². The first kappa shape index (κ1) is 22.7. The van der Waals surface area contributed by atoms with Crippen LogP contribution in [0.2, 0.25) is 0 Å². The van der Waals surface area contributed by atoms with Crippen molar-refractivity contribution in [2.75, 3.05) is 0 Å². The van der Waals surface area contributed by atoms with Crippen molar-refractivity contribution in [3.05, 3.63) is 11.3 Å². The van der Waals surface area contributed by atoms with Crippen molar-refractivity contribution in [2.45, 2.75) is 111 Å². The molecule has 4 aliphatic rings. The van der Waals surface area contributed by atoms with Gasteiger partial charge < -0.3 is 4.74 Å². The molecule has 31 heavy (non-hydrogen) atoms. The lowest BCUT2D eigenvalue weighted by atomic mass is 9.47. The summed E-state index contributed by atoms with van der Waals surface area (Å²) in [5.41, 5.74) is 0.911. The summed E-state index contributed by atoms with van der Waals surface area (Å²) in [4.78, 5) is 37.9. The van der Waals surface area contributed by atoms with E-state index in [9.17, 15) is 14.4 Å². The molecule has 4 nitrogen and oxygen atoms in total. The lowest BCUT2D eigenvalue weighted by Gasteiger charge is -2.57. The number of hydrogen-bond acceptors (Lipinski definition) is 4. The van der Waals surface area contributed by atoms with Crippen molar-refractivity contribution < 1.29 is 19.1 Å². The molecule has 3 saturated carbocycles. The minimum absolute atomic E-state index is 0.0157. The molecule has 0 aromatic heterocycles. The van der Waals surface area contributed by atoms with Gasteiger partial charge in [0.1, 0.15) is 5.78 Å². The van der Waals surface area contributed by atoms with Crippen LogP contribution in [-0.4, -0.2) is 17.5 Å². The Morgan fingerprint density at radius 3 is 2.42 bits per heavy atom. The second-order valence-electron chi connectivity index (χ2n) is 11.1. The Bertz CT molecular complexity index is 780. The summed E-state index contributed by atoms with van der Waals surface area (Å²) in [6.45, 7) is 6.69. The van der Waals surface area contributed by atoms with Crippen molar-refractivity contribution >= 4 is 17.5 Å². The molecule has 4 rings (SSSR count). The first-order valence-corrected chi connectivity index (χ1v) is 12.8. The van der Waals surface area contributed by atoms with Gasteiger partial charge in [-0.1, -0.05) is 46.5 Å². The summed E-state index contributed by atoms with van der Waals surface area (Å²) in [5.74, 6) is 2.18. The predicted molar refractivity (Wildman–Crippen MR) is 120 cm³/mol. The van der Waals surface area contributed by atoms with Gasteiger partial charge in [0.15, 0.2) is 11.5 Å². The molecule has 4 aliphatic carbocycles. The number of ether oxygens (including phenoxy) is 1. The number of esters is 1. The van der Waals surface area contributed by atoms with Crippen LogP contribution < -0.4 is 0 Å². The van der Waals surface area contributed by atoms with Gasteiger partial charge in [0.2, 0.25) is 0 Å². The molecule has 3 fully saturated rings. The highest BCUT2D eigenvalue weighted by atomic mass is 16.5. The van der Waals surface area contributed by atoms with E-state index in [0.717, 1.165) is 69.8 Å². The summed E-state index contributed by atoms with van der Waals surface area (Å²) in [6, 6.07) is 0. The molecular weight excluding hydrogens is 388 g/mol. The lowest BCUT2D eigenvalue weighted by Crippen LogP contribution is -2.51. The van der Waals surface area contributed by atoms with E-state index in [2.05, 4.69) is 20.8 Å². The molecule has 0 amide bonds. The molecule has 0 bridgehead atoms. The molecule has 0 saturated heterocycles. The second kappa shape index (κ2) is 8.83. The molecule has 172 valence electrons. The third-order valence-corrected chi connectivity index (χ3v) is 9.48. The van der Waals surface area contributed by atoms with Crippen LogP contribution in [0.1, 0.15) is 111 Å². The summed E-state index contributed by atoms with van der Waals surface area (Å²) in [7, 11) is 0. The highest BCUT2D eigenvalue weighted by Gasteiger charge is 2.59. The van der Waals surface area contributed by atoms with E-state index >= 15 is 0 Å².